The highest BCUT2D eigenvalue weighted by Crippen LogP contribution is 2.34. The summed E-state index contributed by atoms with van der Waals surface area (Å²) in [7, 11) is 0. The average molecular weight is 534 g/mol. The molecule has 0 spiro atoms. The van der Waals surface area contributed by atoms with Gasteiger partial charge < -0.3 is 10.6 Å². The molecule has 184 valence electrons. The highest BCUT2D eigenvalue weighted by atomic mass is 35.5. The van der Waals surface area contributed by atoms with Crippen LogP contribution in [0, 0.1) is 6.92 Å². The number of halogens is 5. The number of carbonyl (C=O) groups is 3. The maximum Gasteiger partial charge on any atom is 0.416 e. The molecule has 0 saturated carbocycles. The van der Waals surface area contributed by atoms with Crippen LogP contribution in [-0.4, -0.2) is 17.7 Å². The van der Waals surface area contributed by atoms with Crippen LogP contribution in [0.25, 0.3) is 0 Å². The molecule has 1 aliphatic heterocycles. The van der Waals surface area contributed by atoms with Crippen molar-refractivity contribution in [1.29, 1.82) is 0 Å². The number of alkyl halides is 3. The number of benzene rings is 3. The quantitative estimate of drug-likeness (QED) is 0.374. The van der Waals surface area contributed by atoms with Gasteiger partial charge >= 0.3 is 6.18 Å². The van der Waals surface area contributed by atoms with E-state index in [1.807, 2.05) is 0 Å². The molecule has 0 unspecified atom stereocenters. The summed E-state index contributed by atoms with van der Waals surface area (Å²) in [5.41, 5.74) is 0.287. The lowest BCUT2D eigenvalue weighted by molar-refractivity contribution is -0.137. The van der Waals surface area contributed by atoms with E-state index in [1.54, 1.807) is 25.1 Å². The van der Waals surface area contributed by atoms with E-state index < -0.39 is 29.5 Å². The van der Waals surface area contributed by atoms with Crippen molar-refractivity contribution in [1.82, 2.24) is 0 Å². The second-order valence-electron chi connectivity index (χ2n) is 7.75. The van der Waals surface area contributed by atoms with Gasteiger partial charge in [0, 0.05) is 22.0 Å². The lowest BCUT2D eigenvalue weighted by Gasteiger charge is -2.18. The molecule has 3 amide bonds. The van der Waals surface area contributed by atoms with Crippen molar-refractivity contribution in [2.24, 2.45) is 0 Å². The number of nitrogens with one attached hydrogen (secondary N) is 2. The molecular formula is C25H16Cl2F3N3O3. The van der Waals surface area contributed by atoms with Crippen molar-refractivity contribution in [3.8, 4) is 0 Å². The zero-order valence-electron chi connectivity index (χ0n) is 18.4. The highest BCUT2D eigenvalue weighted by molar-refractivity contribution is 6.53. The molecule has 0 radical (unpaired) electrons. The van der Waals surface area contributed by atoms with Crippen molar-refractivity contribution in [3.05, 3.63) is 99.2 Å². The van der Waals surface area contributed by atoms with E-state index in [-0.39, 0.29) is 22.0 Å². The van der Waals surface area contributed by atoms with E-state index in [4.69, 9.17) is 23.2 Å². The molecule has 0 aromatic heterocycles. The first-order valence-electron chi connectivity index (χ1n) is 10.4. The summed E-state index contributed by atoms with van der Waals surface area (Å²) in [6.07, 6.45) is -4.54. The Kier molecular flexibility index (Phi) is 6.79. The van der Waals surface area contributed by atoms with Crippen LogP contribution in [0.4, 0.5) is 30.2 Å². The summed E-state index contributed by atoms with van der Waals surface area (Å²) in [5.74, 6) is -2.03. The van der Waals surface area contributed by atoms with Crippen LogP contribution >= 0.6 is 23.2 Å². The van der Waals surface area contributed by atoms with Gasteiger partial charge in [0.15, 0.2) is 0 Å². The molecule has 36 heavy (non-hydrogen) atoms. The predicted molar refractivity (Wildman–Crippen MR) is 131 cm³/mol. The average Bonchev–Trinajstić information content (AvgIpc) is 3.04. The normalized spacial score (nSPS) is 13.9. The van der Waals surface area contributed by atoms with E-state index in [9.17, 15) is 27.6 Å². The Morgan fingerprint density at radius 3 is 2.22 bits per heavy atom. The Morgan fingerprint density at radius 2 is 1.56 bits per heavy atom. The minimum absolute atomic E-state index is 0.0135. The summed E-state index contributed by atoms with van der Waals surface area (Å²) in [6.45, 7) is 1.67. The van der Waals surface area contributed by atoms with E-state index in [1.165, 1.54) is 36.4 Å². The number of amides is 3. The highest BCUT2D eigenvalue weighted by Gasteiger charge is 2.39. The van der Waals surface area contributed by atoms with E-state index in [0.29, 0.717) is 22.0 Å². The first-order valence-corrected chi connectivity index (χ1v) is 11.1. The van der Waals surface area contributed by atoms with Gasteiger partial charge in [-0.2, -0.15) is 13.2 Å². The molecule has 0 bridgehead atoms. The van der Waals surface area contributed by atoms with Crippen LogP contribution in [0.1, 0.15) is 21.5 Å². The Balaban J connectivity index is 1.49. The van der Waals surface area contributed by atoms with Crippen LogP contribution in [0.3, 0.4) is 0 Å². The molecule has 0 aliphatic carbocycles. The zero-order valence-corrected chi connectivity index (χ0v) is 19.9. The van der Waals surface area contributed by atoms with Crippen molar-refractivity contribution in [3.63, 3.8) is 0 Å². The summed E-state index contributed by atoms with van der Waals surface area (Å²) in [5, 5.41) is 5.27. The minimum atomic E-state index is -4.54. The molecule has 2 N–H and O–H groups in total. The van der Waals surface area contributed by atoms with Gasteiger partial charge in [-0.1, -0.05) is 35.3 Å². The Hall–Kier alpha value is -3.82. The van der Waals surface area contributed by atoms with Crippen molar-refractivity contribution < 1.29 is 27.6 Å². The Labute approximate surface area is 213 Å². The largest absolute Gasteiger partial charge is 0.416 e. The molecule has 1 aliphatic rings. The maximum atomic E-state index is 13.0. The maximum absolute atomic E-state index is 13.0. The first kappa shape index (κ1) is 25.3. The summed E-state index contributed by atoms with van der Waals surface area (Å²) in [6, 6.07) is 14.8. The summed E-state index contributed by atoms with van der Waals surface area (Å²) >= 11 is 12.3. The van der Waals surface area contributed by atoms with E-state index >= 15 is 0 Å². The van der Waals surface area contributed by atoms with Crippen molar-refractivity contribution in [2.75, 3.05) is 15.5 Å². The molecule has 0 atom stereocenters. The van der Waals surface area contributed by atoms with Crippen LogP contribution in [0.5, 0.6) is 0 Å². The molecular weight excluding hydrogens is 518 g/mol. The predicted octanol–water partition coefficient (Wildman–Crippen LogP) is 6.36. The molecule has 1 heterocycles. The van der Waals surface area contributed by atoms with Gasteiger partial charge in [-0.05, 0) is 67.1 Å². The number of hydrogen-bond acceptors (Lipinski definition) is 4. The van der Waals surface area contributed by atoms with Gasteiger partial charge in [-0.25, -0.2) is 4.90 Å². The number of carbonyl (C=O) groups excluding carboxylic acids is 3. The third kappa shape index (κ3) is 4.93. The number of anilines is 3. The molecule has 11 heteroatoms. The van der Waals surface area contributed by atoms with Gasteiger partial charge in [-0.3, -0.25) is 14.4 Å². The second-order valence-corrected chi connectivity index (χ2v) is 8.54. The lowest BCUT2D eigenvalue weighted by Crippen LogP contribution is -2.32. The topological polar surface area (TPSA) is 78.5 Å². The number of imide groups is 1. The molecule has 4 rings (SSSR count). The van der Waals surface area contributed by atoms with Gasteiger partial charge in [0.05, 0.1) is 11.3 Å². The van der Waals surface area contributed by atoms with Gasteiger partial charge in [0.1, 0.15) is 10.7 Å². The van der Waals surface area contributed by atoms with Gasteiger partial charge in [0.2, 0.25) is 0 Å². The summed E-state index contributed by atoms with van der Waals surface area (Å²) in [4.78, 5) is 39.1. The monoisotopic (exact) mass is 533 g/mol. The third-order valence-electron chi connectivity index (χ3n) is 5.37. The van der Waals surface area contributed by atoms with Crippen molar-refractivity contribution >= 4 is 58.0 Å². The van der Waals surface area contributed by atoms with Crippen LogP contribution in [0.2, 0.25) is 5.02 Å². The smallest absolute Gasteiger partial charge is 0.350 e. The van der Waals surface area contributed by atoms with Crippen LogP contribution in [0.15, 0.2) is 77.5 Å². The Morgan fingerprint density at radius 1 is 0.889 bits per heavy atom. The van der Waals surface area contributed by atoms with Gasteiger partial charge in [0.25, 0.3) is 17.7 Å². The van der Waals surface area contributed by atoms with E-state index in [2.05, 4.69) is 10.6 Å². The molecule has 3 aromatic carbocycles. The minimum Gasteiger partial charge on any atom is -0.350 e. The van der Waals surface area contributed by atoms with Crippen LogP contribution in [-0.2, 0) is 15.8 Å². The van der Waals surface area contributed by atoms with Gasteiger partial charge in [-0.15, -0.1) is 0 Å². The fourth-order valence-corrected chi connectivity index (χ4v) is 3.88. The van der Waals surface area contributed by atoms with Crippen molar-refractivity contribution in [2.45, 2.75) is 13.1 Å². The third-order valence-corrected chi connectivity index (χ3v) is 6.13. The zero-order chi connectivity index (χ0) is 26.2. The lowest BCUT2D eigenvalue weighted by atomic mass is 10.1. The van der Waals surface area contributed by atoms with Crippen LogP contribution < -0.4 is 15.5 Å². The number of hydrogen-bond donors (Lipinski definition) is 2. The summed E-state index contributed by atoms with van der Waals surface area (Å²) < 4.78 is 38.7. The molecule has 0 fully saturated rings. The number of rotatable bonds is 5. The first-order chi connectivity index (χ1) is 17.0. The standard InChI is InChI=1S/C25H16Cl2F3N3O3/c1-13-18(26)6-3-7-19(13)33-23(35)20(27)21(24(33)36)31-16-10-8-14(9-11-16)22(34)32-17-5-2-4-15(12-17)25(28,29)30/h2-12,31H,1H3,(H,32,34). The SMILES string of the molecule is Cc1c(Cl)cccc1N1C(=O)C(Cl)=C(Nc2ccc(C(=O)Nc3cccc(C(F)(F)F)c3)cc2)C1=O. The molecule has 6 nitrogen and oxygen atoms in total. The molecule has 3 aromatic rings. The van der Waals surface area contributed by atoms with E-state index in [0.717, 1.165) is 17.0 Å². The molecule has 0 saturated heterocycles. The Bertz CT molecular complexity index is 1420. The fraction of sp³-hybridized carbons (Fsp3) is 0.0800. The second kappa shape index (κ2) is 9.67. The fourth-order valence-electron chi connectivity index (χ4n) is 3.49. The number of nitrogens with zero attached hydrogens (tertiary/aromatic N) is 1.